The Morgan fingerprint density at radius 3 is 2.45 bits per heavy atom. The zero-order valence-electron chi connectivity index (χ0n) is 9.95. The van der Waals surface area contributed by atoms with Crippen molar-refractivity contribution in [3.05, 3.63) is 46.5 Å². The lowest BCUT2D eigenvalue weighted by atomic mass is 10.2. The average Bonchev–Trinajstić information content (AvgIpc) is 2.42. The number of nitrogens with zero attached hydrogens (tertiary/aromatic N) is 1. The molecular weight excluding hydrogens is 288 g/mol. The molecule has 2 rings (SSSR count). The smallest absolute Gasteiger partial charge is 0.188 e. The minimum absolute atomic E-state index is 0.0469. The first kappa shape index (κ1) is 13.9. The van der Waals surface area contributed by atoms with E-state index in [1.807, 2.05) is 0 Å². The zero-order chi connectivity index (χ0) is 14.9. The maximum Gasteiger partial charge on any atom is 0.188 e. The van der Waals surface area contributed by atoms with Crippen molar-refractivity contribution >= 4 is 23.0 Å². The molecular formula is C13H8ClF2N3O. The van der Waals surface area contributed by atoms with Gasteiger partial charge in [0.2, 0.25) is 0 Å². The van der Waals surface area contributed by atoms with Gasteiger partial charge in [-0.05, 0) is 24.3 Å². The standard InChI is InChI=1S/C13H8ClF2N3O/c14-11-8(18)4-9(19)13(12(11)16)20-10-2-1-6(5-17)3-7(10)15/h1-4H,18-19H2. The van der Waals surface area contributed by atoms with Crippen molar-refractivity contribution in [1.29, 1.82) is 5.26 Å². The van der Waals surface area contributed by atoms with Crippen LogP contribution in [0.1, 0.15) is 5.56 Å². The van der Waals surface area contributed by atoms with Crippen molar-refractivity contribution in [3.63, 3.8) is 0 Å². The molecule has 0 bridgehead atoms. The summed E-state index contributed by atoms with van der Waals surface area (Å²) in [5.41, 5.74) is 10.9. The third-order valence-corrected chi connectivity index (χ3v) is 2.88. The number of hydrogen-bond donors (Lipinski definition) is 2. The molecule has 0 heterocycles. The van der Waals surface area contributed by atoms with E-state index in [0.717, 1.165) is 6.07 Å². The Morgan fingerprint density at radius 2 is 1.85 bits per heavy atom. The second kappa shape index (κ2) is 5.23. The van der Waals surface area contributed by atoms with Crippen LogP contribution in [0, 0.1) is 23.0 Å². The third kappa shape index (κ3) is 2.44. The molecule has 4 N–H and O–H groups in total. The molecule has 7 heteroatoms. The zero-order valence-corrected chi connectivity index (χ0v) is 10.7. The van der Waals surface area contributed by atoms with E-state index in [0.29, 0.717) is 0 Å². The first-order chi connectivity index (χ1) is 9.43. The van der Waals surface area contributed by atoms with Crippen molar-refractivity contribution in [2.75, 3.05) is 11.5 Å². The lowest BCUT2D eigenvalue weighted by molar-refractivity contribution is 0.417. The Balaban J connectivity index is 2.46. The quantitative estimate of drug-likeness (QED) is 0.831. The van der Waals surface area contributed by atoms with Crippen LogP contribution in [0.25, 0.3) is 0 Å². The Labute approximate surface area is 118 Å². The minimum Gasteiger partial charge on any atom is -0.449 e. The number of benzene rings is 2. The summed E-state index contributed by atoms with van der Waals surface area (Å²) >= 11 is 5.64. The van der Waals surface area contributed by atoms with Crippen LogP contribution in [0.4, 0.5) is 20.2 Å². The van der Waals surface area contributed by atoms with Gasteiger partial charge in [-0.3, -0.25) is 0 Å². The van der Waals surface area contributed by atoms with Crippen LogP contribution in [0.3, 0.4) is 0 Å². The highest BCUT2D eigenvalue weighted by atomic mass is 35.5. The van der Waals surface area contributed by atoms with E-state index >= 15 is 0 Å². The number of anilines is 2. The Morgan fingerprint density at radius 1 is 1.15 bits per heavy atom. The number of nitrogens with two attached hydrogens (primary N) is 2. The molecule has 0 aliphatic heterocycles. The van der Waals surface area contributed by atoms with E-state index in [-0.39, 0.29) is 27.7 Å². The number of nitrogen functional groups attached to an aromatic ring is 2. The Bertz CT molecular complexity index is 729. The summed E-state index contributed by atoms with van der Waals surface area (Å²) in [5, 5.41) is 8.27. The number of nitriles is 1. The van der Waals surface area contributed by atoms with Gasteiger partial charge in [0.25, 0.3) is 0 Å². The highest BCUT2D eigenvalue weighted by Gasteiger charge is 2.18. The van der Waals surface area contributed by atoms with E-state index in [4.69, 9.17) is 33.1 Å². The summed E-state index contributed by atoms with van der Waals surface area (Å²) in [6.45, 7) is 0. The second-order valence-corrected chi connectivity index (χ2v) is 4.25. The predicted octanol–water partition coefficient (Wildman–Crippen LogP) is 3.45. The summed E-state index contributed by atoms with van der Waals surface area (Å²) in [7, 11) is 0. The highest BCUT2D eigenvalue weighted by molar-refractivity contribution is 6.33. The molecule has 0 unspecified atom stereocenters. The van der Waals surface area contributed by atoms with Gasteiger partial charge in [0.05, 0.1) is 23.0 Å². The van der Waals surface area contributed by atoms with E-state index in [1.165, 1.54) is 18.2 Å². The van der Waals surface area contributed by atoms with Gasteiger partial charge >= 0.3 is 0 Å². The minimum atomic E-state index is -0.979. The fraction of sp³-hybridized carbons (Fsp3) is 0. The summed E-state index contributed by atoms with van der Waals surface area (Å²) in [5.74, 6) is -2.51. The number of hydrogen-bond acceptors (Lipinski definition) is 4. The molecule has 0 saturated heterocycles. The van der Waals surface area contributed by atoms with E-state index < -0.39 is 17.4 Å². The average molecular weight is 296 g/mol. The molecule has 20 heavy (non-hydrogen) atoms. The van der Waals surface area contributed by atoms with Crippen LogP contribution in [-0.4, -0.2) is 0 Å². The first-order valence-electron chi connectivity index (χ1n) is 5.34. The maximum atomic E-state index is 13.9. The monoisotopic (exact) mass is 295 g/mol. The van der Waals surface area contributed by atoms with Gasteiger partial charge in [-0.15, -0.1) is 0 Å². The summed E-state index contributed by atoms with van der Waals surface area (Å²) < 4.78 is 32.6. The molecule has 0 fully saturated rings. The summed E-state index contributed by atoms with van der Waals surface area (Å²) in [6.07, 6.45) is 0. The lowest BCUT2D eigenvalue weighted by Gasteiger charge is -2.12. The molecule has 2 aromatic carbocycles. The van der Waals surface area contributed by atoms with Crippen molar-refractivity contribution in [2.45, 2.75) is 0 Å². The maximum absolute atomic E-state index is 13.9. The van der Waals surface area contributed by atoms with Crippen LogP contribution >= 0.6 is 11.6 Å². The van der Waals surface area contributed by atoms with E-state index in [2.05, 4.69) is 0 Å². The Kier molecular flexibility index (Phi) is 3.63. The molecule has 0 saturated carbocycles. The normalized spacial score (nSPS) is 10.1. The van der Waals surface area contributed by atoms with Crippen molar-refractivity contribution in [3.8, 4) is 17.6 Å². The fourth-order valence-electron chi connectivity index (χ4n) is 1.52. The van der Waals surface area contributed by atoms with Crippen LogP contribution in [0.5, 0.6) is 11.5 Å². The molecule has 2 aromatic rings. The van der Waals surface area contributed by atoms with Crippen molar-refractivity contribution < 1.29 is 13.5 Å². The van der Waals surface area contributed by atoms with Gasteiger partial charge < -0.3 is 16.2 Å². The van der Waals surface area contributed by atoms with Crippen LogP contribution in [0.2, 0.25) is 5.02 Å². The van der Waals surface area contributed by atoms with Crippen LogP contribution in [0.15, 0.2) is 24.3 Å². The van der Waals surface area contributed by atoms with E-state index in [1.54, 1.807) is 6.07 Å². The molecule has 4 nitrogen and oxygen atoms in total. The lowest BCUT2D eigenvalue weighted by Crippen LogP contribution is -2.00. The fourth-order valence-corrected chi connectivity index (χ4v) is 1.66. The Hall–Kier alpha value is -2.52. The number of halogens is 3. The molecule has 0 atom stereocenters. The number of ether oxygens (including phenoxy) is 1. The van der Waals surface area contributed by atoms with Gasteiger partial charge in [0.15, 0.2) is 23.1 Å². The van der Waals surface area contributed by atoms with Crippen LogP contribution < -0.4 is 16.2 Å². The molecule has 0 aromatic heterocycles. The molecule has 0 aliphatic rings. The topological polar surface area (TPSA) is 85.1 Å². The SMILES string of the molecule is N#Cc1ccc(Oc2c(N)cc(N)c(Cl)c2F)c(F)c1. The van der Waals surface area contributed by atoms with Crippen molar-refractivity contribution in [2.24, 2.45) is 0 Å². The van der Waals surface area contributed by atoms with Gasteiger partial charge in [-0.1, -0.05) is 11.6 Å². The largest absolute Gasteiger partial charge is 0.449 e. The van der Waals surface area contributed by atoms with Crippen molar-refractivity contribution in [1.82, 2.24) is 0 Å². The first-order valence-corrected chi connectivity index (χ1v) is 5.72. The molecule has 0 aliphatic carbocycles. The van der Waals surface area contributed by atoms with E-state index in [9.17, 15) is 8.78 Å². The van der Waals surface area contributed by atoms with Gasteiger partial charge in [0.1, 0.15) is 5.02 Å². The molecule has 0 radical (unpaired) electrons. The predicted molar refractivity (Wildman–Crippen MR) is 71.4 cm³/mol. The number of rotatable bonds is 2. The highest BCUT2D eigenvalue weighted by Crippen LogP contribution is 2.38. The van der Waals surface area contributed by atoms with Gasteiger partial charge in [-0.25, -0.2) is 8.78 Å². The van der Waals surface area contributed by atoms with Crippen LogP contribution in [-0.2, 0) is 0 Å². The third-order valence-electron chi connectivity index (χ3n) is 2.49. The molecule has 0 amide bonds. The molecule has 0 spiro atoms. The molecule has 102 valence electrons. The van der Waals surface area contributed by atoms with Gasteiger partial charge in [-0.2, -0.15) is 5.26 Å². The van der Waals surface area contributed by atoms with Gasteiger partial charge in [0, 0.05) is 0 Å². The summed E-state index contributed by atoms with van der Waals surface area (Å²) in [6, 6.07) is 6.45. The summed E-state index contributed by atoms with van der Waals surface area (Å²) in [4.78, 5) is 0. The second-order valence-electron chi connectivity index (χ2n) is 3.87.